The van der Waals surface area contributed by atoms with Gasteiger partial charge in [0.05, 0.1) is 11.9 Å². The minimum absolute atomic E-state index is 0.0402. The topological polar surface area (TPSA) is 85.8 Å². The number of nitrogens with zero attached hydrogens (tertiary/aromatic N) is 7. The quantitative estimate of drug-likeness (QED) is 0.521. The predicted molar refractivity (Wildman–Crippen MR) is 111 cm³/mol. The Hall–Kier alpha value is -3.43. The lowest BCUT2D eigenvalue weighted by Crippen LogP contribution is -2.25. The largest absolute Gasteiger partial charge is 0.309 e. The highest BCUT2D eigenvalue weighted by molar-refractivity contribution is 5.65. The average molecular weight is 424 g/mol. The molecule has 1 aliphatic carbocycles. The van der Waals surface area contributed by atoms with Gasteiger partial charge in [-0.3, -0.25) is 9.08 Å². The van der Waals surface area contributed by atoms with Crippen LogP contribution in [0.15, 0.2) is 42.9 Å². The molecule has 1 saturated carbocycles. The van der Waals surface area contributed by atoms with Gasteiger partial charge in [0.2, 0.25) is 11.9 Å². The van der Waals surface area contributed by atoms with Crippen LogP contribution in [0, 0.1) is 5.92 Å². The van der Waals surface area contributed by atoms with Crippen LogP contribution in [0.1, 0.15) is 31.5 Å². The van der Waals surface area contributed by atoms with Gasteiger partial charge in [-0.15, -0.1) is 10.2 Å². The van der Waals surface area contributed by atoms with E-state index >= 15 is 0 Å². The maximum Gasteiger partial charge on any atom is 0.248 e. The fourth-order valence-corrected chi connectivity index (χ4v) is 3.99. The Kier molecular flexibility index (Phi) is 4.84. The van der Waals surface area contributed by atoms with Crippen molar-refractivity contribution in [1.29, 1.82) is 0 Å². The Bertz CT molecular complexity index is 1210. The number of pyridine rings is 1. The summed E-state index contributed by atoms with van der Waals surface area (Å²) in [5, 5.41) is 15.9. The molecule has 160 valence electrons. The van der Waals surface area contributed by atoms with Crippen LogP contribution in [0.2, 0.25) is 0 Å². The summed E-state index contributed by atoms with van der Waals surface area (Å²) in [6.07, 6.45) is 6.92. The molecule has 4 heterocycles. The molecule has 8 nitrogen and oxygen atoms in total. The summed E-state index contributed by atoms with van der Waals surface area (Å²) in [6, 6.07) is 7.54. The van der Waals surface area contributed by atoms with Crippen molar-refractivity contribution in [3.05, 3.63) is 48.7 Å². The van der Waals surface area contributed by atoms with Crippen molar-refractivity contribution >= 4 is 17.4 Å². The van der Waals surface area contributed by atoms with Crippen molar-refractivity contribution in [2.75, 3.05) is 5.32 Å². The molecule has 4 aromatic rings. The summed E-state index contributed by atoms with van der Waals surface area (Å²) in [4.78, 5) is 8.86. The number of fused-ring (bicyclic) bond motifs is 1. The zero-order chi connectivity index (χ0) is 21.4. The molecule has 1 aliphatic rings. The number of rotatable bonds is 5. The minimum Gasteiger partial charge on any atom is -0.309 e. The van der Waals surface area contributed by atoms with E-state index in [1.807, 2.05) is 41.9 Å². The third-order valence-corrected chi connectivity index (χ3v) is 5.80. The molecule has 0 atom stereocenters. The van der Waals surface area contributed by atoms with Crippen LogP contribution in [0.3, 0.4) is 0 Å². The summed E-state index contributed by atoms with van der Waals surface area (Å²) in [7, 11) is 1.84. The second-order valence-corrected chi connectivity index (χ2v) is 7.99. The van der Waals surface area contributed by atoms with Gasteiger partial charge in [0, 0.05) is 50.3 Å². The minimum atomic E-state index is -2.51. The molecule has 0 saturated heterocycles. The number of nitrogens with one attached hydrogen (secondary N) is 1. The summed E-state index contributed by atoms with van der Waals surface area (Å²) in [6.45, 7) is 0. The van der Waals surface area contributed by atoms with Gasteiger partial charge in [-0.25, -0.2) is 18.7 Å². The first-order chi connectivity index (χ1) is 15.0. The van der Waals surface area contributed by atoms with Crippen molar-refractivity contribution in [2.45, 2.75) is 38.0 Å². The molecule has 10 heteroatoms. The van der Waals surface area contributed by atoms with E-state index in [4.69, 9.17) is 0 Å². The van der Waals surface area contributed by atoms with Gasteiger partial charge in [-0.1, -0.05) is 0 Å². The lowest BCUT2D eigenvalue weighted by atomic mass is 9.84. The van der Waals surface area contributed by atoms with Crippen LogP contribution in [-0.2, 0) is 13.5 Å². The van der Waals surface area contributed by atoms with Crippen LogP contribution < -0.4 is 5.32 Å². The number of aromatic nitrogens is 7. The van der Waals surface area contributed by atoms with Crippen molar-refractivity contribution in [2.24, 2.45) is 13.0 Å². The van der Waals surface area contributed by atoms with Crippen LogP contribution >= 0.6 is 0 Å². The molecule has 0 bridgehead atoms. The highest BCUT2D eigenvalue weighted by Gasteiger charge is 2.35. The predicted octanol–water partition coefficient (Wildman–Crippen LogP) is 4.03. The normalized spacial score (nSPS) is 16.6. The number of hydrogen-bond acceptors (Lipinski definition) is 6. The highest BCUT2D eigenvalue weighted by atomic mass is 19.3. The van der Waals surface area contributed by atoms with Gasteiger partial charge in [-0.05, 0) is 37.0 Å². The fourth-order valence-electron chi connectivity index (χ4n) is 3.99. The maximum atomic E-state index is 13.4. The molecule has 0 spiro atoms. The van der Waals surface area contributed by atoms with Crippen LogP contribution in [0.25, 0.3) is 16.9 Å². The van der Waals surface area contributed by atoms with E-state index in [1.165, 1.54) is 0 Å². The molecule has 31 heavy (non-hydrogen) atoms. The number of hydrogen-bond donors (Lipinski definition) is 1. The SMILES string of the molecule is Cn1nccc1Nc1nccc(-c2ccn3c(CC4CCC(F)(F)CC4)nnc3c2)n1. The Morgan fingerprint density at radius 3 is 2.74 bits per heavy atom. The highest BCUT2D eigenvalue weighted by Crippen LogP contribution is 2.37. The van der Waals surface area contributed by atoms with Crippen LogP contribution in [0.5, 0.6) is 0 Å². The van der Waals surface area contributed by atoms with E-state index in [0.29, 0.717) is 30.9 Å². The maximum absolute atomic E-state index is 13.4. The van der Waals surface area contributed by atoms with Crippen LogP contribution in [0.4, 0.5) is 20.5 Å². The molecule has 0 unspecified atom stereocenters. The fraction of sp³-hybridized carbons (Fsp3) is 0.381. The summed E-state index contributed by atoms with van der Waals surface area (Å²) < 4.78 is 30.5. The lowest BCUT2D eigenvalue weighted by Gasteiger charge is -2.27. The Balaban J connectivity index is 1.35. The third-order valence-electron chi connectivity index (χ3n) is 5.80. The van der Waals surface area contributed by atoms with E-state index in [-0.39, 0.29) is 18.8 Å². The molecule has 4 aromatic heterocycles. The molecule has 1 fully saturated rings. The third kappa shape index (κ3) is 4.10. The Morgan fingerprint density at radius 2 is 1.97 bits per heavy atom. The van der Waals surface area contributed by atoms with Crippen molar-refractivity contribution < 1.29 is 8.78 Å². The van der Waals surface area contributed by atoms with Crippen molar-refractivity contribution in [3.8, 4) is 11.3 Å². The first-order valence-corrected chi connectivity index (χ1v) is 10.3. The average Bonchev–Trinajstić information content (AvgIpc) is 3.35. The number of halogens is 2. The molecule has 0 amide bonds. The van der Waals surface area contributed by atoms with E-state index in [9.17, 15) is 8.78 Å². The molecule has 5 rings (SSSR count). The van der Waals surface area contributed by atoms with Gasteiger partial charge in [-0.2, -0.15) is 5.10 Å². The van der Waals surface area contributed by atoms with Gasteiger partial charge < -0.3 is 5.32 Å². The van der Waals surface area contributed by atoms with Gasteiger partial charge in [0.25, 0.3) is 0 Å². The van der Waals surface area contributed by atoms with E-state index < -0.39 is 5.92 Å². The smallest absolute Gasteiger partial charge is 0.248 e. The monoisotopic (exact) mass is 424 g/mol. The Labute approximate surface area is 177 Å². The second-order valence-electron chi connectivity index (χ2n) is 7.99. The molecule has 0 radical (unpaired) electrons. The van der Waals surface area contributed by atoms with Gasteiger partial charge in [0.15, 0.2) is 5.65 Å². The molecule has 1 N–H and O–H groups in total. The number of alkyl halides is 2. The standard InChI is InChI=1S/C21H22F2N8/c1-30-17(5-10-25-30)27-20-24-9-4-16(26-20)15-6-11-31-18(28-29-19(31)13-15)12-14-2-7-21(22,23)8-3-14/h4-6,9-11,13-14H,2-3,7-8,12H2,1H3,(H,24,26,27). The second kappa shape index (κ2) is 7.68. The molecule has 0 aromatic carbocycles. The Morgan fingerprint density at radius 1 is 1.13 bits per heavy atom. The summed E-state index contributed by atoms with van der Waals surface area (Å²) in [5.74, 6) is -0.236. The molecule has 0 aliphatic heterocycles. The molecular formula is C21H22F2N8. The van der Waals surface area contributed by atoms with Crippen molar-refractivity contribution in [1.82, 2.24) is 34.3 Å². The molecular weight excluding hydrogens is 402 g/mol. The first-order valence-electron chi connectivity index (χ1n) is 10.3. The lowest BCUT2D eigenvalue weighted by molar-refractivity contribution is -0.0458. The zero-order valence-corrected chi connectivity index (χ0v) is 17.0. The zero-order valence-electron chi connectivity index (χ0n) is 17.0. The summed E-state index contributed by atoms with van der Waals surface area (Å²) >= 11 is 0. The van der Waals surface area contributed by atoms with E-state index in [1.54, 1.807) is 17.1 Å². The first kappa shape index (κ1) is 19.5. The van der Waals surface area contributed by atoms with Crippen LogP contribution in [-0.4, -0.2) is 40.3 Å². The van der Waals surface area contributed by atoms with Gasteiger partial charge in [0.1, 0.15) is 11.6 Å². The van der Waals surface area contributed by atoms with E-state index in [2.05, 4.69) is 30.6 Å². The number of aryl methyl sites for hydroxylation is 1. The van der Waals surface area contributed by atoms with Crippen molar-refractivity contribution in [3.63, 3.8) is 0 Å². The van der Waals surface area contributed by atoms with E-state index in [0.717, 1.165) is 22.9 Å². The summed E-state index contributed by atoms with van der Waals surface area (Å²) in [5.41, 5.74) is 2.34. The number of anilines is 2. The van der Waals surface area contributed by atoms with Gasteiger partial charge >= 0.3 is 0 Å².